The minimum absolute atomic E-state index is 0.262. The third-order valence-electron chi connectivity index (χ3n) is 20.3. The number of hydrogen-bond donors (Lipinski definition) is 6. The van der Waals surface area contributed by atoms with Crippen LogP contribution in [0, 0.1) is 5.53 Å². The van der Waals surface area contributed by atoms with Crippen molar-refractivity contribution in [1.82, 2.24) is 84.1 Å². The highest BCUT2D eigenvalue weighted by molar-refractivity contribution is 6.33. The fourth-order valence-electron chi connectivity index (χ4n) is 14.9. The summed E-state index contributed by atoms with van der Waals surface area (Å²) in [5.41, 5.74) is 23.5. The number of amides is 2. The average Bonchev–Trinajstić information content (AvgIpc) is 1.60. The third kappa shape index (κ3) is 20.8. The Hall–Kier alpha value is -11.3. The van der Waals surface area contributed by atoms with Crippen LogP contribution in [0.5, 0.6) is 0 Å². The highest BCUT2D eigenvalue weighted by Crippen LogP contribution is 2.41. The summed E-state index contributed by atoms with van der Waals surface area (Å²) >= 11 is 16.5. The number of fused-ring (bicyclic) bond motifs is 6. The first-order valence-corrected chi connectivity index (χ1v) is 39.7. The minimum atomic E-state index is -0.494. The van der Waals surface area contributed by atoms with Crippen molar-refractivity contribution < 1.29 is 19.1 Å². The SMILES string of the molecule is C1=C(c2ccc(Nc3ncc4c5ccncc5n(C5CCCC5)c4n3)nc2)CCNC1.CC(C)(C)OC(=O)N1CC=C(c2ccc(Cl)nc2)CC1.CC(C)(C)OC(=O)N1CC=C(c2ccc(Nc3ncc4c5ccncc5n(C5CCCC5)c4n3)nc2)CC1.N=NN=NCl.Nc1ncc(-c2ccncc2Cl)c(NC2CCCC2)n1. The van der Waals surface area contributed by atoms with Crippen molar-refractivity contribution in [3.05, 3.63) is 174 Å². The minimum Gasteiger partial charge on any atom is -0.444 e. The highest BCUT2D eigenvalue weighted by Gasteiger charge is 2.29. The number of nitrogens with one attached hydrogen (secondary N) is 5. The second-order valence-electron chi connectivity index (χ2n) is 30.5. The van der Waals surface area contributed by atoms with Crippen molar-refractivity contribution in [2.45, 2.75) is 167 Å². The topological polar surface area (TPSA) is 359 Å². The van der Waals surface area contributed by atoms with Gasteiger partial charge in [0.1, 0.15) is 45.1 Å². The number of rotatable bonds is 13. The molecule has 3 fully saturated rings. The van der Waals surface area contributed by atoms with Crippen LogP contribution in [0.3, 0.4) is 0 Å². The van der Waals surface area contributed by atoms with Crippen LogP contribution in [-0.2, 0) is 9.47 Å². The molecule has 0 aromatic carbocycles. The van der Waals surface area contributed by atoms with Crippen LogP contribution in [0.4, 0.5) is 44.9 Å². The molecule has 7 N–H and O–H groups in total. The van der Waals surface area contributed by atoms with E-state index in [2.05, 4.69) is 131 Å². The summed E-state index contributed by atoms with van der Waals surface area (Å²) in [4.78, 5) is 81.2. The normalized spacial score (nSPS) is 16.2. The zero-order valence-corrected chi connectivity index (χ0v) is 67.0. The lowest BCUT2D eigenvalue weighted by atomic mass is 10.0. The van der Waals surface area contributed by atoms with Crippen LogP contribution < -0.4 is 27.0 Å². The van der Waals surface area contributed by atoms with Gasteiger partial charge in [0.15, 0.2) is 0 Å². The molecule has 0 spiro atoms. The lowest BCUT2D eigenvalue weighted by Gasteiger charge is -2.29. The maximum absolute atomic E-state index is 12.3. The van der Waals surface area contributed by atoms with E-state index in [0.717, 1.165) is 130 Å². The van der Waals surface area contributed by atoms with Gasteiger partial charge in [-0.15, -0.1) is 0 Å². The van der Waals surface area contributed by atoms with Crippen LogP contribution in [-0.4, -0.2) is 147 Å². The van der Waals surface area contributed by atoms with Crippen LogP contribution in [0.25, 0.3) is 71.7 Å². The number of ether oxygens (including phenoxy) is 2. The molecule has 11 aromatic rings. The van der Waals surface area contributed by atoms with E-state index >= 15 is 0 Å². The Labute approximate surface area is 676 Å². The fourth-order valence-corrected chi connectivity index (χ4v) is 15.3. The molecular formula is C82H94Cl3N25O4. The molecule has 3 aliphatic heterocycles. The number of carbonyl (C=O) groups excluding carboxylic acids is 2. The lowest BCUT2D eigenvalue weighted by molar-refractivity contribution is 0.0260. The number of nitrogen functional groups attached to an aromatic ring is 1. The summed E-state index contributed by atoms with van der Waals surface area (Å²) < 4.78 is 18.2. The molecule has 2 amide bonds. The summed E-state index contributed by atoms with van der Waals surface area (Å²) in [6.07, 6.45) is 44.9. The van der Waals surface area contributed by atoms with Crippen molar-refractivity contribution in [1.29, 1.82) is 5.53 Å². The second kappa shape index (κ2) is 37.6. The van der Waals surface area contributed by atoms with E-state index in [1.807, 2.05) is 134 Å². The summed E-state index contributed by atoms with van der Waals surface area (Å²) in [7, 11) is 0. The van der Waals surface area contributed by atoms with Gasteiger partial charge in [0, 0.05) is 145 Å². The van der Waals surface area contributed by atoms with E-state index in [-0.39, 0.29) is 18.1 Å². The van der Waals surface area contributed by atoms with Gasteiger partial charge in [-0.05, 0) is 198 Å². The first-order valence-electron chi connectivity index (χ1n) is 38.6. The Kier molecular flexibility index (Phi) is 26.6. The fraction of sp³-hybridized carbons (Fsp3) is 0.390. The second-order valence-corrected chi connectivity index (χ2v) is 31.4. The monoisotopic (exact) mass is 1600 g/mol. The molecule has 14 heterocycles. The number of hydrogen-bond acceptors (Lipinski definition) is 23. The van der Waals surface area contributed by atoms with E-state index in [0.29, 0.717) is 72.2 Å². The molecule has 114 heavy (non-hydrogen) atoms. The number of halogens is 3. The molecule has 0 atom stereocenters. The van der Waals surface area contributed by atoms with E-state index in [4.69, 9.17) is 53.9 Å². The van der Waals surface area contributed by atoms with Crippen molar-refractivity contribution in [3.8, 4) is 11.1 Å². The zero-order chi connectivity index (χ0) is 79.7. The van der Waals surface area contributed by atoms with E-state index in [1.54, 1.807) is 40.7 Å². The number of pyridine rings is 6. The molecular weight excluding hydrogens is 1510 g/mol. The van der Waals surface area contributed by atoms with Gasteiger partial charge in [0.2, 0.25) is 17.8 Å². The van der Waals surface area contributed by atoms with E-state index in [9.17, 15) is 9.59 Å². The van der Waals surface area contributed by atoms with Gasteiger partial charge in [-0.25, -0.2) is 39.5 Å². The van der Waals surface area contributed by atoms with E-state index < -0.39 is 11.2 Å². The predicted octanol–water partition coefficient (Wildman–Crippen LogP) is 19.3. The maximum atomic E-state index is 12.3. The van der Waals surface area contributed by atoms with Gasteiger partial charge in [-0.3, -0.25) is 15.0 Å². The molecule has 0 saturated heterocycles. The number of nitrogens with zero attached hydrogens (tertiary/aromatic N) is 19. The van der Waals surface area contributed by atoms with Gasteiger partial charge in [-0.2, -0.15) is 20.5 Å². The first kappa shape index (κ1) is 80.8. The Morgan fingerprint density at radius 3 is 1.46 bits per heavy atom. The molecule has 29 nitrogen and oxygen atoms in total. The quantitative estimate of drug-likeness (QED) is 0.0355. The number of nitrogens with two attached hydrogens (primary N) is 1. The number of anilines is 6. The molecule has 32 heteroatoms. The van der Waals surface area contributed by atoms with E-state index in [1.165, 1.54) is 79.0 Å². The molecule has 3 aliphatic carbocycles. The Morgan fingerprint density at radius 2 is 1.04 bits per heavy atom. The maximum Gasteiger partial charge on any atom is 0.410 e. The molecule has 0 bridgehead atoms. The average molecular weight is 1600 g/mol. The zero-order valence-electron chi connectivity index (χ0n) is 64.8. The summed E-state index contributed by atoms with van der Waals surface area (Å²) in [5.74, 6) is 3.55. The first-order chi connectivity index (χ1) is 55.2. The summed E-state index contributed by atoms with van der Waals surface area (Å²) in [6, 6.07) is 19.2. The Bertz CT molecular complexity index is 5300. The van der Waals surface area contributed by atoms with Crippen molar-refractivity contribution >= 4 is 143 Å². The molecule has 17 rings (SSSR count). The molecule has 0 unspecified atom stereocenters. The van der Waals surface area contributed by atoms with Crippen molar-refractivity contribution in [2.24, 2.45) is 15.1 Å². The van der Waals surface area contributed by atoms with Crippen molar-refractivity contribution in [3.63, 3.8) is 0 Å². The van der Waals surface area contributed by atoms with Crippen LogP contribution in [0.2, 0.25) is 10.2 Å². The molecule has 3 saturated carbocycles. The standard InChI is InChI=1S/C29H33N7O2.C24H25N7.C15H19ClN2O2.C14H16ClN5.ClHN4/c1-29(2,3)38-28(37)35-14-11-19(12-15-35)20-8-9-25(31-16-20)33-27-32-17-23-22-10-13-30-18-24(22)36(26(23)34-27)21-6-4-5-7-21;1-2-4-18(3-1)31-21-15-26-12-9-19(21)20-14-28-24(30-23(20)31)29-22-6-5-17(13-27-22)16-7-10-25-11-8-16;1-15(2,3)20-14(19)18-8-6-11(7-9-18)12-4-5-13(16)17-10-12;15-12-8-17-6-5-10(12)11-7-18-14(16)20-13(11)19-9-3-1-2-4-9;1-3-5-4-2/h8-11,13,16-18,21H,4-7,12,14-15H2,1-3H3,(H,31,32,33,34);5-7,9,12-15,18,25H,1-4,8,10-11H2,(H,27,28,29,30);4-6,10H,7-9H2,1-3H3;5-9H,1-4H2,(H3,16,18,19,20);2H. The van der Waals surface area contributed by atoms with Crippen LogP contribution >= 0.6 is 35.0 Å². The van der Waals surface area contributed by atoms with Crippen molar-refractivity contribution in [2.75, 3.05) is 61.0 Å². The number of aromatic nitrogens is 14. The summed E-state index contributed by atoms with van der Waals surface area (Å²) in [6.45, 7) is 15.6. The largest absolute Gasteiger partial charge is 0.444 e. The highest BCUT2D eigenvalue weighted by atomic mass is 35.5. The summed E-state index contributed by atoms with van der Waals surface area (Å²) in [5, 5.41) is 24.0. The smallest absolute Gasteiger partial charge is 0.410 e. The third-order valence-corrected chi connectivity index (χ3v) is 20.9. The Morgan fingerprint density at radius 1 is 0.544 bits per heavy atom. The van der Waals surface area contributed by atoms with Crippen LogP contribution in [0.15, 0.2) is 162 Å². The molecule has 592 valence electrons. The molecule has 0 radical (unpaired) electrons. The Balaban J connectivity index is 0.000000134. The van der Waals surface area contributed by atoms with Gasteiger partial charge < -0.3 is 55.4 Å². The molecule has 6 aliphatic rings. The molecule has 11 aromatic heterocycles. The predicted molar refractivity (Wildman–Crippen MR) is 448 cm³/mol. The number of carbonyl (C=O) groups is 2. The van der Waals surface area contributed by atoms with Gasteiger partial charge >= 0.3 is 12.2 Å². The van der Waals surface area contributed by atoms with Gasteiger partial charge in [0.05, 0.1) is 40.2 Å². The lowest BCUT2D eigenvalue weighted by Crippen LogP contribution is -2.39. The van der Waals surface area contributed by atoms with Gasteiger partial charge in [-0.1, -0.05) is 90.7 Å². The van der Waals surface area contributed by atoms with Crippen LogP contribution in [0.1, 0.15) is 167 Å². The van der Waals surface area contributed by atoms with Gasteiger partial charge in [0.25, 0.3) is 0 Å².